The highest BCUT2D eigenvalue weighted by Crippen LogP contribution is 1.97. The Morgan fingerprint density at radius 2 is 2.00 bits per heavy atom. The number of carbonyl (C=O) groups excluding carboxylic acids is 1. The highest BCUT2D eigenvalue weighted by molar-refractivity contribution is 9.09. The zero-order chi connectivity index (χ0) is 10.3. The van der Waals surface area contributed by atoms with Crippen LogP contribution in [-0.4, -0.2) is 50.1 Å². The van der Waals surface area contributed by atoms with E-state index in [4.69, 9.17) is 4.74 Å². The largest absolute Gasteiger partial charge is 0.460 e. The number of alkyl halides is 1. The molecule has 0 rings (SSSR count). The minimum Gasteiger partial charge on any atom is -0.460 e. The molecule has 0 bridgehead atoms. The molecule has 3 nitrogen and oxygen atoms in total. The normalized spacial score (nSPS) is 11.4. The maximum absolute atomic E-state index is 11.0. The van der Waals surface area contributed by atoms with Gasteiger partial charge in [-0.2, -0.15) is 0 Å². The molecule has 0 aliphatic heterocycles. The molecule has 0 saturated carbocycles. The molecule has 0 aromatic carbocycles. The Kier molecular flexibility index (Phi) is 6.33. The van der Waals surface area contributed by atoms with E-state index < -0.39 is 0 Å². The number of halogens is 1. The second-order valence-electron chi connectivity index (χ2n) is 4.03. The lowest BCUT2D eigenvalue weighted by molar-refractivity contribution is -0.870. The summed E-state index contributed by atoms with van der Waals surface area (Å²) in [6.07, 6.45) is 1.37. The number of hydrogen-bond donors (Lipinski definition) is 0. The number of hydrogen-bond acceptors (Lipinski definition) is 2. The summed E-state index contributed by atoms with van der Waals surface area (Å²) in [6.45, 7) is 1.38. The van der Waals surface area contributed by atoms with Crippen LogP contribution in [0.4, 0.5) is 0 Å². The Bertz CT molecular complexity index is 154. The van der Waals surface area contributed by atoms with Crippen LogP contribution in [0.15, 0.2) is 0 Å². The van der Waals surface area contributed by atoms with Gasteiger partial charge in [0.2, 0.25) is 0 Å². The first kappa shape index (κ1) is 12.9. The van der Waals surface area contributed by atoms with Crippen LogP contribution in [0.1, 0.15) is 12.8 Å². The molecule has 0 aromatic rings. The Balaban J connectivity index is 3.37. The number of rotatable bonds is 6. The van der Waals surface area contributed by atoms with Gasteiger partial charge in [0.1, 0.15) is 13.2 Å². The summed E-state index contributed by atoms with van der Waals surface area (Å²) >= 11 is 3.27. The van der Waals surface area contributed by atoms with Crippen molar-refractivity contribution in [2.24, 2.45) is 0 Å². The first-order valence-electron chi connectivity index (χ1n) is 4.48. The van der Waals surface area contributed by atoms with E-state index in [1.165, 1.54) is 0 Å². The van der Waals surface area contributed by atoms with Crippen molar-refractivity contribution >= 4 is 21.9 Å². The van der Waals surface area contributed by atoms with Crippen LogP contribution >= 0.6 is 15.9 Å². The number of nitrogens with zero attached hydrogens (tertiary/aromatic N) is 1. The number of likely N-dealkylation sites (N-methyl/N-ethyl adjacent to an activating group) is 1. The minimum atomic E-state index is -0.0899. The van der Waals surface area contributed by atoms with Gasteiger partial charge in [-0.3, -0.25) is 4.79 Å². The summed E-state index contributed by atoms with van der Waals surface area (Å²) in [6, 6.07) is 0. The van der Waals surface area contributed by atoms with Gasteiger partial charge in [0.05, 0.1) is 21.1 Å². The standard InChI is InChI=1S/C9H19BrNO2/c1-11(2,3)7-8-13-9(12)5-4-6-10/h4-8H2,1-3H3/q+1. The fourth-order valence-corrected chi connectivity index (χ4v) is 0.997. The molecule has 0 atom stereocenters. The quantitative estimate of drug-likeness (QED) is 0.406. The molecule has 0 spiro atoms. The number of ether oxygens (including phenoxy) is 1. The van der Waals surface area contributed by atoms with E-state index in [1.807, 2.05) is 0 Å². The van der Waals surface area contributed by atoms with Gasteiger partial charge in [-0.15, -0.1) is 0 Å². The molecule has 0 aromatic heterocycles. The average molecular weight is 253 g/mol. The van der Waals surface area contributed by atoms with Crippen LogP contribution < -0.4 is 0 Å². The van der Waals surface area contributed by atoms with Crippen molar-refractivity contribution in [1.82, 2.24) is 0 Å². The monoisotopic (exact) mass is 252 g/mol. The van der Waals surface area contributed by atoms with Crippen molar-refractivity contribution < 1.29 is 14.0 Å². The third kappa shape index (κ3) is 9.83. The first-order valence-corrected chi connectivity index (χ1v) is 5.60. The second kappa shape index (κ2) is 6.38. The highest BCUT2D eigenvalue weighted by atomic mass is 79.9. The van der Waals surface area contributed by atoms with Crippen LogP contribution in [0, 0.1) is 0 Å². The van der Waals surface area contributed by atoms with E-state index >= 15 is 0 Å². The van der Waals surface area contributed by atoms with Crippen molar-refractivity contribution in [3.8, 4) is 0 Å². The summed E-state index contributed by atoms with van der Waals surface area (Å²) in [4.78, 5) is 11.0. The topological polar surface area (TPSA) is 26.3 Å². The zero-order valence-electron chi connectivity index (χ0n) is 8.68. The summed E-state index contributed by atoms with van der Waals surface area (Å²) in [7, 11) is 6.23. The van der Waals surface area contributed by atoms with E-state index in [-0.39, 0.29) is 5.97 Å². The predicted octanol–water partition coefficient (Wildman–Crippen LogP) is 1.41. The Hall–Kier alpha value is -0.0900. The molecule has 0 aliphatic carbocycles. The van der Waals surface area contributed by atoms with Crippen molar-refractivity contribution in [3.63, 3.8) is 0 Å². The minimum absolute atomic E-state index is 0.0899. The van der Waals surface area contributed by atoms with Crippen LogP contribution in [-0.2, 0) is 9.53 Å². The molecule has 0 unspecified atom stereocenters. The Labute approximate surface area is 88.8 Å². The summed E-state index contributed by atoms with van der Waals surface area (Å²) in [5.41, 5.74) is 0. The molecule has 13 heavy (non-hydrogen) atoms. The molecule has 0 heterocycles. The highest BCUT2D eigenvalue weighted by Gasteiger charge is 2.08. The van der Waals surface area contributed by atoms with Crippen LogP contribution in [0.25, 0.3) is 0 Å². The van der Waals surface area contributed by atoms with Gasteiger partial charge in [-0.05, 0) is 6.42 Å². The predicted molar refractivity (Wildman–Crippen MR) is 56.9 cm³/mol. The van der Waals surface area contributed by atoms with Crippen molar-refractivity contribution in [2.45, 2.75) is 12.8 Å². The zero-order valence-corrected chi connectivity index (χ0v) is 10.3. The number of carbonyl (C=O) groups is 1. The van der Waals surface area contributed by atoms with Crippen molar-refractivity contribution in [3.05, 3.63) is 0 Å². The van der Waals surface area contributed by atoms with E-state index in [0.29, 0.717) is 13.0 Å². The lowest BCUT2D eigenvalue weighted by Crippen LogP contribution is -2.38. The molecular formula is C9H19BrNO2+. The van der Waals surface area contributed by atoms with E-state index in [0.717, 1.165) is 22.8 Å². The van der Waals surface area contributed by atoms with Crippen LogP contribution in [0.3, 0.4) is 0 Å². The lowest BCUT2D eigenvalue weighted by atomic mass is 10.3. The lowest BCUT2D eigenvalue weighted by Gasteiger charge is -2.23. The number of esters is 1. The van der Waals surface area contributed by atoms with Crippen LogP contribution in [0.5, 0.6) is 0 Å². The van der Waals surface area contributed by atoms with E-state index in [2.05, 4.69) is 37.1 Å². The molecule has 0 fully saturated rings. The van der Waals surface area contributed by atoms with E-state index in [1.54, 1.807) is 0 Å². The van der Waals surface area contributed by atoms with E-state index in [9.17, 15) is 4.79 Å². The third-order valence-electron chi connectivity index (χ3n) is 1.54. The molecule has 0 amide bonds. The first-order chi connectivity index (χ1) is 5.95. The second-order valence-corrected chi connectivity index (χ2v) is 4.82. The van der Waals surface area contributed by atoms with Gasteiger partial charge in [0, 0.05) is 11.8 Å². The van der Waals surface area contributed by atoms with Gasteiger partial charge in [0.15, 0.2) is 0 Å². The molecule has 0 saturated heterocycles. The fraction of sp³-hybridized carbons (Fsp3) is 0.889. The SMILES string of the molecule is C[N+](C)(C)CCOC(=O)CCCBr. The maximum Gasteiger partial charge on any atom is 0.306 e. The molecule has 78 valence electrons. The van der Waals surface area contributed by atoms with Gasteiger partial charge in [0.25, 0.3) is 0 Å². The average Bonchev–Trinajstić information content (AvgIpc) is 1.98. The summed E-state index contributed by atoms with van der Waals surface area (Å²) in [5, 5.41) is 0.859. The van der Waals surface area contributed by atoms with Crippen molar-refractivity contribution in [2.75, 3.05) is 39.6 Å². The molecular weight excluding hydrogens is 234 g/mol. The third-order valence-corrected chi connectivity index (χ3v) is 2.10. The van der Waals surface area contributed by atoms with Gasteiger partial charge in [-0.1, -0.05) is 15.9 Å². The number of quaternary nitrogens is 1. The van der Waals surface area contributed by atoms with Gasteiger partial charge < -0.3 is 9.22 Å². The van der Waals surface area contributed by atoms with Gasteiger partial charge >= 0.3 is 5.97 Å². The van der Waals surface area contributed by atoms with Gasteiger partial charge in [-0.25, -0.2) is 0 Å². The molecule has 0 aliphatic rings. The summed E-state index contributed by atoms with van der Waals surface area (Å²) in [5.74, 6) is -0.0899. The summed E-state index contributed by atoms with van der Waals surface area (Å²) < 4.78 is 5.87. The molecule has 0 radical (unpaired) electrons. The molecule has 0 N–H and O–H groups in total. The Morgan fingerprint density at radius 1 is 1.38 bits per heavy atom. The van der Waals surface area contributed by atoms with Crippen molar-refractivity contribution in [1.29, 1.82) is 0 Å². The fourth-order valence-electron chi connectivity index (χ4n) is 0.717. The molecule has 4 heteroatoms. The smallest absolute Gasteiger partial charge is 0.306 e. The Morgan fingerprint density at radius 3 is 2.46 bits per heavy atom. The maximum atomic E-state index is 11.0. The van der Waals surface area contributed by atoms with Crippen LogP contribution in [0.2, 0.25) is 0 Å².